The number of aromatic nitrogens is 1. The Balaban J connectivity index is 1.06. The number of fused-ring (bicyclic) bond motifs is 3. The number of alkyl halides is 1. The Kier molecular flexibility index (Phi) is 7.96. The molecular formula is C35H41FN4O. The van der Waals surface area contributed by atoms with Crippen LogP contribution in [0.2, 0.25) is 0 Å². The summed E-state index contributed by atoms with van der Waals surface area (Å²) in [5.74, 6) is 0.0214. The number of piperidine rings is 1. The molecule has 4 aromatic rings. The summed E-state index contributed by atoms with van der Waals surface area (Å²) in [4.78, 5) is 21.8. The molecule has 1 amide bonds. The number of halogens is 1. The van der Waals surface area contributed by atoms with E-state index in [2.05, 4.69) is 62.6 Å². The van der Waals surface area contributed by atoms with Gasteiger partial charge in [0.25, 0.3) is 5.91 Å². The van der Waals surface area contributed by atoms with E-state index in [-0.39, 0.29) is 11.9 Å². The van der Waals surface area contributed by atoms with E-state index in [0.29, 0.717) is 5.56 Å². The van der Waals surface area contributed by atoms with Gasteiger partial charge in [-0.3, -0.25) is 9.69 Å². The zero-order valence-electron chi connectivity index (χ0n) is 24.3. The average molecular weight is 553 g/mol. The van der Waals surface area contributed by atoms with Gasteiger partial charge in [-0.2, -0.15) is 0 Å². The van der Waals surface area contributed by atoms with Crippen molar-refractivity contribution in [1.29, 1.82) is 0 Å². The first-order chi connectivity index (χ1) is 19.8. The molecule has 2 aliphatic heterocycles. The monoisotopic (exact) mass is 552 g/mol. The van der Waals surface area contributed by atoms with Gasteiger partial charge in [0.2, 0.25) is 0 Å². The predicted octanol–water partition coefficient (Wildman–Crippen LogP) is 6.37. The molecule has 0 aliphatic carbocycles. The van der Waals surface area contributed by atoms with Crippen molar-refractivity contribution in [3.05, 3.63) is 106 Å². The fourth-order valence-electron chi connectivity index (χ4n) is 6.31. The molecule has 1 saturated heterocycles. The van der Waals surface area contributed by atoms with Crippen LogP contribution in [0.25, 0.3) is 10.9 Å². The van der Waals surface area contributed by atoms with Crippen molar-refractivity contribution in [2.24, 2.45) is 0 Å². The van der Waals surface area contributed by atoms with Gasteiger partial charge in [0.15, 0.2) is 0 Å². The van der Waals surface area contributed by atoms with Gasteiger partial charge >= 0.3 is 0 Å². The second-order valence-electron chi connectivity index (χ2n) is 12.3. The van der Waals surface area contributed by atoms with E-state index >= 15 is 0 Å². The minimum atomic E-state index is -1.33. The lowest BCUT2D eigenvalue weighted by molar-refractivity contribution is 0.0911. The van der Waals surface area contributed by atoms with Gasteiger partial charge < -0.3 is 15.2 Å². The van der Waals surface area contributed by atoms with Gasteiger partial charge in [-0.1, -0.05) is 54.6 Å². The first kappa shape index (κ1) is 27.7. The number of likely N-dealkylation sites (tertiary alicyclic amines) is 1. The van der Waals surface area contributed by atoms with Crippen molar-refractivity contribution in [2.75, 3.05) is 26.2 Å². The van der Waals surface area contributed by atoms with E-state index in [9.17, 15) is 9.18 Å². The number of benzene rings is 3. The molecule has 0 unspecified atom stereocenters. The maximum atomic E-state index is 14.3. The first-order valence-corrected chi connectivity index (χ1v) is 15.0. The molecule has 1 fully saturated rings. The summed E-state index contributed by atoms with van der Waals surface area (Å²) >= 11 is 0. The number of hydrogen-bond acceptors (Lipinski definition) is 3. The zero-order chi connectivity index (χ0) is 28.4. The Hall–Kier alpha value is -3.48. The van der Waals surface area contributed by atoms with E-state index in [0.717, 1.165) is 81.4 Å². The predicted molar refractivity (Wildman–Crippen MR) is 164 cm³/mol. The summed E-state index contributed by atoms with van der Waals surface area (Å²) in [5.41, 5.74) is 6.32. The maximum Gasteiger partial charge on any atom is 0.251 e. The van der Waals surface area contributed by atoms with Crippen LogP contribution in [0.5, 0.6) is 0 Å². The van der Waals surface area contributed by atoms with E-state index < -0.39 is 5.67 Å². The second kappa shape index (κ2) is 11.8. The van der Waals surface area contributed by atoms with Crippen LogP contribution in [0.1, 0.15) is 65.0 Å². The Morgan fingerprint density at radius 1 is 0.951 bits per heavy atom. The number of nitrogens with one attached hydrogen (secondary N) is 2. The Bertz CT molecular complexity index is 1480. The molecule has 6 rings (SSSR count). The molecule has 214 valence electrons. The highest BCUT2D eigenvalue weighted by atomic mass is 19.1. The van der Waals surface area contributed by atoms with Gasteiger partial charge in [0.05, 0.1) is 0 Å². The van der Waals surface area contributed by atoms with E-state index in [1.54, 1.807) is 13.8 Å². The molecule has 5 nitrogen and oxygen atoms in total. The zero-order valence-corrected chi connectivity index (χ0v) is 24.3. The molecule has 41 heavy (non-hydrogen) atoms. The highest BCUT2D eigenvalue weighted by Crippen LogP contribution is 2.30. The lowest BCUT2D eigenvalue weighted by atomic mass is 9.98. The van der Waals surface area contributed by atoms with Crippen molar-refractivity contribution in [3.8, 4) is 0 Å². The number of rotatable bonds is 8. The van der Waals surface area contributed by atoms with Crippen LogP contribution in [0.3, 0.4) is 0 Å². The van der Waals surface area contributed by atoms with Crippen molar-refractivity contribution in [1.82, 2.24) is 20.1 Å². The lowest BCUT2D eigenvalue weighted by Gasteiger charge is -2.32. The molecule has 6 heteroatoms. The molecule has 1 aromatic heterocycles. The topological polar surface area (TPSA) is 51.4 Å². The van der Waals surface area contributed by atoms with Crippen LogP contribution in [0.15, 0.2) is 72.8 Å². The summed E-state index contributed by atoms with van der Waals surface area (Å²) in [7, 11) is 0. The molecule has 0 saturated carbocycles. The van der Waals surface area contributed by atoms with E-state index in [1.807, 2.05) is 30.3 Å². The first-order valence-electron chi connectivity index (χ1n) is 15.0. The normalized spacial score (nSPS) is 17.0. The molecule has 0 atom stereocenters. The second-order valence-corrected chi connectivity index (χ2v) is 12.3. The summed E-state index contributed by atoms with van der Waals surface area (Å²) in [5, 5.41) is 4.45. The number of hydrogen-bond donors (Lipinski definition) is 2. The Morgan fingerprint density at radius 3 is 2.44 bits per heavy atom. The van der Waals surface area contributed by atoms with Gasteiger partial charge in [0.1, 0.15) is 5.67 Å². The van der Waals surface area contributed by atoms with Crippen LogP contribution >= 0.6 is 0 Å². The molecule has 3 aromatic carbocycles. The number of aromatic amines is 1. The maximum absolute atomic E-state index is 14.3. The molecule has 2 aliphatic rings. The third kappa shape index (κ3) is 6.55. The van der Waals surface area contributed by atoms with Gasteiger partial charge in [-0.25, -0.2) is 4.39 Å². The van der Waals surface area contributed by atoms with E-state index in [1.165, 1.54) is 22.4 Å². The Labute approximate surface area is 242 Å². The molecule has 0 spiro atoms. The third-order valence-electron chi connectivity index (χ3n) is 8.85. The third-order valence-corrected chi connectivity index (χ3v) is 8.85. The van der Waals surface area contributed by atoms with Crippen LogP contribution in [0, 0.1) is 0 Å². The van der Waals surface area contributed by atoms with Gasteiger partial charge in [0, 0.05) is 73.9 Å². The number of amides is 1. The lowest BCUT2D eigenvalue weighted by Crippen LogP contribution is -2.45. The fraction of sp³-hybridized carbons (Fsp3) is 0.400. The molecule has 0 bridgehead atoms. The molecule has 2 N–H and O–H groups in total. The smallest absolute Gasteiger partial charge is 0.251 e. The molecular weight excluding hydrogens is 511 g/mol. The van der Waals surface area contributed by atoms with Crippen LogP contribution in [-0.4, -0.2) is 52.9 Å². The summed E-state index contributed by atoms with van der Waals surface area (Å²) < 4.78 is 14.3. The minimum Gasteiger partial charge on any atom is -0.358 e. The van der Waals surface area contributed by atoms with Crippen LogP contribution in [-0.2, 0) is 31.6 Å². The van der Waals surface area contributed by atoms with Crippen molar-refractivity contribution >= 4 is 16.8 Å². The van der Waals surface area contributed by atoms with Gasteiger partial charge in [-0.05, 0) is 73.6 Å². The summed E-state index contributed by atoms with van der Waals surface area (Å²) in [6.07, 6.45) is 3.99. The molecule has 0 radical (unpaired) electrons. The largest absolute Gasteiger partial charge is 0.358 e. The number of nitrogens with zero attached hydrogens (tertiary/aromatic N) is 2. The molecule has 3 heterocycles. The van der Waals surface area contributed by atoms with Crippen LogP contribution < -0.4 is 5.32 Å². The fourth-order valence-corrected chi connectivity index (χ4v) is 6.31. The van der Waals surface area contributed by atoms with Crippen molar-refractivity contribution < 1.29 is 9.18 Å². The summed E-state index contributed by atoms with van der Waals surface area (Å²) in [6, 6.07) is 24.8. The van der Waals surface area contributed by atoms with Gasteiger partial charge in [-0.15, -0.1) is 0 Å². The van der Waals surface area contributed by atoms with E-state index in [4.69, 9.17) is 0 Å². The quantitative estimate of drug-likeness (QED) is 0.267. The number of carbonyl (C=O) groups is 1. The highest BCUT2D eigenvalue weighted by molar-refractivity contribution is 5.99. The number of H-pyrrole nitrogens is 1. The SMILES string of the molecule is CC(C)(F)c1ccc(CN2CCc3[nH]c4ccc(C(=O)NC5CCN(CCc6ccccc6)CC5)cc4c3C2)cc1. The Morgan fingerprint density at radius 2 is 1.71 bits per heavy atom. The van der Waals surface area contributed by atoms with Crippen LogP contribution in [0.4, 0.5) is 4.39 Å². The highest BCUT2D eigenvalue weighted by Gasteiger charge is 2.24. The van der Waals surface area contributed by atoms with Crippen molar-refractivity contribution in [2.45, 2.75) is 64.3 Å². The standard InChI is InChI=1S/C35H41FN4O/c1-35(2,36)28-11-8-26(9-12-28)23-40-21-17-33-31(24-40)30-22-27(10-13-32(30)38-33)34(41)37-29-15-19-39(20-16-29)18-14-25-6-4-3-5-7-25/h3-13,22,29,38H,14-21,23-24H2,1-2H3,(H,37,41). The van der Waals surface area contributed by atoms with Crippen molar-refractivity contribution in [3.63, 3.8) is 0 Å². The minimum absolute atomic E-state index is 0.0214. The average Bonchev–Trinajstić information content (AvgIpc) is 3.34. The summed E-state index contributed by atoms with van der Waals surface area (Å²) in [6.45, 7) is 8.92. The number of carbonyl (C=O) groups excluding carboxylic acids is 1.